The van der Waals surface area contributed by atoms with E-state index >= 15 is 0 Å². The number of rotatable bonds is 6. The molecule has 2 aromatic rings. The van der Waals surface area contributed by atoms with E-state index in [0.717, 1.165) is 21.7 Å². The summed E-state index contributed by atoms with van der Waals surface area (Å²) in [4.78, 5) is 4.20. The lowest BCUT2D eigenvalue weighted by molar-refractivity contribution is 0.334. The zero-order valence-corrected chi connectivity index (χ0v) is 14.7. The van der Waals surface area contributed by atoms with Gasteiger partial charge in [-0.1, -0.05) is 48.5 Å². The molecule has 0 saturated heterocycles. The quantitative estimate of drug-likeness (QED) is 0.826. The zero-order chi connectivity index (χ0) is 17.6. The van der Waals surface area contributed by atoms with Crippen LogP contribution in [0.3, 0.4) is 0 Å². The zero-order valence-electron chi connectivity index (χ0n) is 13.9. The predicted molar refractivity (Wildman–Crippen MR) is 101 cm³/mol. The molecule has 1 unspecified atom stereocenters. The number of pyridine rings is 1. The molecule has 1 aromatic heterocycles. The Balaban J connectivity index is 1.79. The SMILES string of the molecule is C=Cc1cc(OC)ncc1OCC1=CC=CNC1c1ccccc1Cl. The van der Waals surface area contributed by atoms with Crippen molar-refractivity contribution in [2.24, 2.45) is 0 Å². The lowest BCUT2D eigenvalue weighted by Gasteiger charge is -2.25. The summed E-state index contributed by atoms with van der Waals surface area (Å²) in [6.07, 6.45) is 9.26. The van der Waals surface area contributed by atoms with Gasteiger partial charge < -0.3 is 14.8 Å². The highest BCUT2D eigenvalue weighted by molar-refractivity contribution is 6.31. The van der Waals surface area contributed by atoms with Crippen molar-refractivity contribution < 1.29 is 9.47 Å². The Morgan fingerprint density at radius 1 is 1.36 bits per heavy atom. The second-order valence-corrected chi connectivity index (χ2v) is 5.89. The average Bonchev–Trinajstić information content (AvgIpc) is 2.67. The molecular weight excluding hydrogens is 336 g/mol. The molecule has 1 aliphatic rings. The van der Waals surface area contributed by atoms with Crippen molar-refractivity contribution >= 4 is 17.7 Å². The summed E-state index contributed by atoms with van der Waals surface area (Å²) in [5.41, 5.74) is 2.92. The van der Waals surface area contributed by atoms with Gasteiger partial charge in [-0.15, -0.1) is 0 Å². The topological polar surface area (TPSA) is 43.4 Å². The van der Waals surface area contributed by atoms with E-state index in [1.54, 1.807) is 25.4 Å². The number of allylic oxidation sites excluding steroid dienone is 2. The molecule has 1 N–H and O–H groups in total. The van der Waals surface area contributed by atoms with Crippen LogP contribution in [0.25, 0.3) is 6.08 Å². The van der Waals surface area contributed by atoms with Gasteiger partial charge in [-0.2, -0.15) is 0 Å². The second-order valence-electron chi connectivity index (χ2n) is 5.48. The van der Waals surface area contributed by atoms with Crippen LogP contribution in [0.2, 0.25) is 5.02 Å². The van der Waals surface area contributed by atoms with E-state index in [1.165, 1.54) is 0 Å². The van der Waals surface area contributed by atoms with Gasteiger partial charge in [0.25, 0.3) is 0 Å². The molecule has 0 aliphatic carbocycles. The first-order valence-corrected chi connectivity index (χ1v) is 8.26. The second kappa shape index (κ2) is 7.90. The van der Waals surface area contributed by atoms with Gasteiger partial charge in [0.1, 0.15) is 12.4 Å². The molecule has 0 bridgehead atoms. The maximum atomic E-state index is 6.35. The third-order valence-electron chi connectivity index (χ3n) is 3.95. The number of benzene rings is 1. The minimum Gasteiger partial charge on any atom is -0.487 e. The Kier molecular flexibility index (Phi) is 5.41. The largest absolute Gasteiger partial charge is 0.487 e. The number of aromatic nitrogens is 1. The maximum Gasteiger partial charge on any atom is 0.213 e. The number of halogens is 1. The number of dihydropyridines is 1. The third-order valence-corrected chi connectivity index (χ3v) is 4.30. The van der Waals surface area contributed by atoms with Crippen molar-refractivity contribution in [2.75, 3.05) is 13.7 Å². The molecule has 1 aliphatic heterocycles. The summed E-state index contributed by atoms with van der Waals surface area (Å²) in [5, 5.41) is 4.06. The van der Waals surface area contributed by atoms with E-state index in [4.69, 9.17) is 21.1 Å². The first-order chi connectivity index (χ1) is 12.2. The van der Waals surface area contributed by atoms with Gasteiger partial charge in [-0.25, -0.2) is 4.98 Å². The van der Waals surface area contributed by atoms with Crippen molar-refractivity contribution in [3.05, 3.63) is 83.2 Å². The van der Waals surface area contributed by atoms with Crippen LogP contribution in [0, 0.1) is 0 Å². The van der Waals surface area contributed by atoms with E-state index in [-0.39, 0.29) is 6.04 Å². The predicted octanol–water partition coefficient (Wildman–Crippen LogP) is 4.55. The maximum absolute atomic E-state index is 6.35. The van der Waals surface area contributed by atoms with Crippen molar-refractivity contribution in [1.29, 1.82) is 0 Å². The standard InChI is InChI=1S/C20H19ClN2O2/c1-3-14-11-19(24-2)23-12-18(14)25-13-15-7-6-10-22-20(15)16-8-4-5-9-17(16)21/h3-12,20,22H,1,13H2,2H3. The normalized spacial score (nSPS) is 15.9. The number of hydrogen-bond donors (Lipinski definition) is 1. The van der Waals surface area contributed by atoms with Crippen LogP contribution in [0.4, 0.5) is 0 Å². The van der Waals surface area contributed by atoms with Gasteiger partial charge in [-0.3, -0.25) is 0 Å². The van der Waals surface area contributed by atoms with E-state index in [9.17, 15) is 0 Å². The van der Waals surface area contributed by atoms with Crippen LogP contribution in [0.1, 0.15) is 17.2 Å². The Hall–Kier alpha value is -2.72. The summed E-state index contributed by atoms with van der Waals surface area (Å²) >= 11 is 6.35. The Morgan fingerprint density at radius 3 is 2.96 bits per heavy atom. The fraction of sp³-hybridized carbons (Fsp3) is 0.150. The average molecular weight is 355 g/mol. The molecule has 0 spiro atoms. The molecule has 25 heavy (non-hydrogen) atoms. The summed E-state index contributed by atoms with van der Waals surface area (Å²) in [6.45, 7) is 4.22. The lowest BCUT2D eigenvalue weighted by Crippen LogP contribution is -2.24. The van der Waals surface area contributed by atoms with Crippen molar-refractivity contribution in [3.63, 3.8) is 0 Å². The molecule has 2 heterocycles. The highest BCUT2D eigenvalue weighted by Crippen LogP contribution is 2.31. The molecule has 4 nitrogen and oxygen atoms in total. The van der Waals surface area contributed by atoms with Gasteiger partial charge in [-0.05, 0) is 29.5 Å². The summed E-state index contributed by atoms with van der Waals surface area (Å²) < 4.78 is 11.1. The number of methoxy groups -OCH3 is 1. The number of hydrogen-bond acceptors (Lipinski definition) is 4. The first kappa shape index (κ1) is 17.1. The van der Waals surface area contributed by atoms with Crippen molar-refractivity contribution in [3.8, 4) is 11.6 Å². The highest BCUT2D eigenvalue weighted by atomic mass is 35.5. The summed E-state index contributed by atoms with van der Waals surface area (Å²) in [6, 6.07) is 9.56. The minimum atomic E-state index is -0.0305. The summed E-state index contributed by atoms with van der Waals surface area (Å²) in [5.74, 6) is 1.18. The Labute approximate surface area is 152 Å². The molecule has 128 valence electrons. The molecule has 1 aromatic carbocycles. The Morgan fingerprint density at radius 2 is 2.20 bits per heavy atom. The van der Waals surface area contributed by atoms with Crippen LogP contribution in [-0.2, 0) is 0 Å². The first-order valence-electron chi connectivity index (χ1n) is 7.88. The molecule has 0 saturated carbocycles. The van der Waals surface area contributed by atoms with Gasteiger partial charge in [0.05, 0.1) is 19.3 Å². The lowest BCUT2D eigenvalue weighted by atomic mass is 9.97. The number of nitrogens with one attached hydrogen (secondary N) is 1. The van der Waals surface area contributed by atoms with Crippen LogP contribution in [0.15, 0.2) is 67.0 Å². The van der Waals surface area contributed by atoms with E-state index < -0.39 is 0 Å². The molecule has 1 atom stereocenters. The van der Waals surface area contributed by atoms with Gasteiger partial charge in [0, 0.05) is 16.7 Å². The smallest absolute Gasteiger partial charge is 0.213 e. The number of nitrogens with zero attached hydrogens (tertiary/aromatic N) is 1. The van der Waals surface area contributed by atoms with E-state index in [0.29, 0.717) is 18.2 Å². The molecule has 5 heteroatoms. The third kappa shape index (κ3) is 3.86. The molecule has 3 rings (SSSR count). The fourth-order valence-corrected chi connectivity index (χ4v) is 2.89. The van der Waals surface area contributed by atoms with Crippen LogP contribution >= 0.6 is 11.6 Å². The molecule has 0 radical (unpaired) electrons. The molecule has 0 amide bonds. The van der Waals surface area contributed by atoms with E-state index in [1.807, 2.05) is 42.6 Å². The van der Waals surface area contributed by atoms with Crippen molar-refractivity contribution in [2.45, 2.75) is 6.04 Å². The molecule has 0 fully saturated rings. The van der Waals surface area contributed by atoms with Crippen LogP contribution in [0.5, 0.6) is 11.6 Å². The van der Waals surface area contributed by atoms with Crippen molar-refractivity contribution in [1.82, 2.24) is 10.3 Å². The fourth-order valence-electron chi connectivity index (χ4n) is 2.65. The minimum absolute atomic E-state index is 0.0305. The van der Waals surface area contributed by atoms with Gasteiger partial charge in [0.2, 0.25) is 5.88 Å². The van der Waals surface area contributed by atoms with E-state index in [2.05, 4.69) is 16.9 Å². The summed E-state index contributed by atoms with van der Waals surface area (Å²) in [7, 11) is 1.58. The van der Waals surface area contributed by atoms with Crippen LogP contribution < -0.4 is 14.8 Å². The van der Waals surface area contributed by atoms with Crippen LogP contribution in [-0.4, -0.2) is 18.7 Å². The Bertz CT molecular complexity index is 830. The molecular formula is C20H19ClN2O2. The monoisotopic (exact) mass is 354 g/mol. The van der Waals surface area contributed by atoms with Gasteiger partial charge >= 0.3 is 0 Å². The highest BCUT2D eigenvalue weighted by Gasteiger charge is 2.20. The van der Waals surface area contributed by atoms with Gasteiger partial charge in [0.15, 0.2) is 0 Å². The number of ether oxygens (including phenoxy) is 2.